The lowest BCUT2D eigenvalue weighted by molar-refractivity contribution is -0.150. The van der Waals surface area contributed by atoms with Gasteiger partial charge in [-0.2, -0.15) is 0 Å². The molecule has 1 N–H and O–H groups in total. The molecule has 5 nitrogen and oxygen atoms in total. The van der Waals surface area contributed by atoms with E-state index in [0.29, 0.717) is 11.7 Å². The highest BCUT2D eigenvalue weighted by molar-refractivity contribution is 5.81. The number of rotatable bonds is 7. The van der Waals surface area contributed by atoms with Gasteiger partial charge in [0.05, 0.1) is 0 Å². The molecule has 0 bridgehead atoms. The van der Waals surface area contributed by atoms with E-state index in [1.807, 2.05) is 24.3 Å². The number of carbonyl (C=O) groups is 2. The zero-order valence-corrected chi connectivity index (χ0v) is 12.4. The summed E-state index contributed by atoms with van der Waals surface area (Å²) in [6, 6.07) is 7.85. The number of benzene rings is 1. The fourth-order valence-corrected chi connectivity index (χ4v) is 1.78. The molecular weight excluding hydrogens is 270 g/mol. The van der Waals surface area contributed by atoms with Crippen molar-refractivity contribution in [1.29, 1.82) is 0 Å². The van der Waals surface area contributed by atoms with Gasteiger partial charge in [0.2, 0.25) is 0 Å². The molecule has 1 aliphatic carbocycles. The van der Waals surface area contributed by atoms with E-state index >= 15 is 0 Å². The molecule has 1 saturated carbocycles. The van der Waals surface area contributed by atoms with Crippen molar-refractivity contribution in [3.63, 3.8) is 0 Å². The van der Waals surface area contributed by atoms with Gasteiger partial charge in [0.15, 0.2) is 13.2 Å². The number of hydrogen-bond acceptors (Lipinski definition) is 4. The Morgan fingerprint density at radius 1 is 1.19 bits per heavy atom. The second-order valence-corrected chi connectivity index (χ2v) is 5.51. The first-order valence-corrected chi connectivity index (χ1v) is 7.22. The highest BCUT2D eigenvalue weighted by Crippen LogP contribution is 2.19. The van der Waals surface area contributed by atoms with Crippen molar-refractivity contribution in [2.45, 2.75) is 38.6 Å². The van der Waals surface area contributed by atoms with Crippen molar-refractivity contribution in [3.05, 3.63) is 29.8 Å². The Labute approximate surface area is 124 Å². The lowest BCUT2D eigenvalue weighted by Gasteiger charge is -2.09. The molecule has 5 heteroatoms. The second-order valence-electron chi connectivity index (χ2n) is 5.51. The summed E-state index contributed by atoms with van der Waals surface area (Å²) < 4.78 is 10.2. The zero-order chi connectivity index (χ0) is 15.2. The maximum Gasteiger partial charge on any atom is 0.344 e. The third-order valence-electron chi connectivity index (χ3n) is 3.21. The molecule has 1 fully saturated rings. The molecular formula is C16H21NO4. The van der Waals surface area contributed by atoms with Gasteiger partial charge in [0, 0.05) is 6.04 Å². The van der Waals surface area contributed by atoms with Crippen LogP contribution in [0.5, 0.6) is 5.75 Å². The van der Waals surface area contributed by atoms with Gasteiger partial charge in [-0.05, 0) is 36.5 Å². The van der Waals surface area contributed by atoms with Gasteiger partial charge in [-0.25, -0.2) is 4.79 Å². The Balaban J connectivity index is 1.66. The first-order chi connectivity index (χ1) is 10.0. The van der Waals surface area contributed by atoms with E-state index in [1.165, 1.54) is 5.56 Å². The van der Waals surface area contributed by atoms with Crippen LogP contribution in [-0.4, -0.2) is 31.1 Å². The van der Waals surface area contributed by atoms with E-state index in [0.717, 1.165) is 12.8 Å². The fraction of sp³-hybridized carbons (Fsp3) is 0.500. The normalized spacial score (nSPS) is 13.9. The molecule has 21 heavy (non-hydrogen) atoms. The third-order valence-corrected chi connectivity index (χ3v) is 3.21. The summed E-state index contributed by atoms with van der Waals surface area (Å²) in [6.45, 7) is 3.78. The average molecular weight is 291 g/mol. The van der Waals surface area contributed by atoms with Crippen LogP contribution in [0.15, 0.2) is 24.3 Å². The molecule has 0 saturated heterocycles. The van der Waals surface area contributed by atoms with Gasteiger partial charge >= 0.3 is 5.97 Å². The van der Waals surface area contributed by atoms with Gasteiger partial charge in [0.1, 0.15) is 5.75 Å². The van der Waals surface area contributed by atoms with Gasteiger partial charge in [-0.1, -0.05) is 26.0 Å². The fourth-order valence-electron chi connectivity index (χ4n) is 1.78. The number of esters is 1. The van der Waals surface area contributed by atoms with E-state index in [9.17, 15) is 9.59 Å². The predicted octanol–water partition coefficient (Wildman–Crippen LogP) is 2.01. The molecule has 1 aliphatic rings. The Bertz CT molecular complexity index is 492. The maximum atomic E-state index is 11.5. The van der Waals surface area contributed by atoms with E-state index in [2.05, 4.69) is 19.2 Å². The first kappa shape index (κ1) is 15.4. The molecule has 0 unspecified atom stereocenters. The second kappa shape index (κ2) is 7.11. The predicted molar refractivity (Wildman–Crippen MR) is 78.1 cm³/mol. The lowest BCUT2D eigenvalue weighted by Crippen LogP contribution is -2.31. The Morgan fingerprint density at radius 2 is 1.86 bits per heavy atom. The summed E-state index contributed by atoms with van der Waals surface area (Å²) >= 11 is 0. The number of nitrogens with one attached hydrogen (secondary N) is 1. The first-order valence-electron chi connectivity index (χ1n) is 7.22. The minimum atomic E-state index is -0.547. The quantitative estimate of drug-likeness (QED) is 0.781. The summed E-state index contributed by atoms with van der Waals surface area (Å²) in [4.78, 5) is 22.8. The van der Waals surface area contributed by atoms with Crippen LogP contribution in [0.2, 0.25) is 0 Å². The highest BCUT2D eigenvalue weighted by atomic mass is 16.6. The summed E-state index contributed by atoms with van der Waals surface area (Å²) in [5.74, 6) is 0.258. The number of ether oxygens (including phenoxy) is 2. The molecule has 0 spiro atoms. The topological polar surface area (TPSA) is 64.6 Å². The van der Waals surface area contributed by atoms with Crippen LogP contribution in [0.1, 0.15) is 38.2 Å². The SMILES string of the molecule is CC(C)c1ccc(OCC(=O)OCC(=O)NC2CC2)cc1. The number of carbonyl (C=O) groups excluding carboxylic acids is 2. The maximum absolute atomic E-state index is 11.5. The van der Waals surface area contributed by atoms with Crippen molar-refractivity contribution in [2.24, 2.45) is 0 Å². The highest BCUT2D eigenvalue weighted by Gasteiger charge is 2.23. The van der Waals surface area contributed by atoms with Crippen molar-refractivity contribution in [2.75, 3.05) is 13.2 Å². The van der Waals surface area contributed by atoms with Crippen LogP contribution in [0, 0.1) is 0 Å². The molecule has 0 aliphatic heterocycles. The van der Waals surface area contributed by atoms with Crippen molar-refractivity contribution < 1.29 is 19.1 Å². The number of hydrogen-bond donors (Lipinski definition) is 1. The van der Waals surface area contributed by atoms with Crippen molar-refractivity contribution in [1.82, 2.24) is 5.32 Å². The van der Waals surface area contributed by atoms with Crippen LogP contribution in [0.4, 0.5) is 0 Å². The van der Waals surface area contributed by atoms with Gasteiger partial charge in [-0.15, -0.1) is 0 Å². The minimum Gasteiger partial charge on any atom is -0.482 e. The summed E-state index contributed by atoms with van der Waals surface area (Å²) in [5, 5.41) is 2.74. The van der Waals surface area contributed by atoms with Crippen molar-refractivity contribution in [3.8, 4) is 5.75 Å². The van der Waals surface area contributed by atoms with Crippen LogP contribution in [-0.2, 0) is 14.3 Å². The molecule has 114 valence electrons. The molecule has 0 atom stereocenters. The smallest absolute Gasteiger partial charge is 0.344 e. The molecule has 2 rings (SSSR count). The van der Waals surface area contributed by atoms with Gasteiger partial charge < -0.3 is 14.8 Å². The van der Waals surface area contributed by atoms with Crippen LogP contribution < -0.4 is 10.1 Å². The average Bonchev–Trinajstić information content (AvgIpc) is 3.27. The molecule has 0 radical (unpaired) electrons. The van der Waals surface area contributed by atoms with Gasteiger partial charge in [0.25, 0.3) is 5.91 Å². The van der Waals surface area contributed by atoms with Crippen LogP contribution in [0.25, 0.3) is 0 Å². The minimum absolute atomic E-state index is 0.197. The summed E-state index contributed by atoms with van der Waals surface area (Å²) in [5.41, 5.74) is 1.21. The Kier molecular flexibility index (Phi) is 5.20. The van der Waals surface area contributed by atoms with E-state index in [4.69, 9.17) is 9.47 Å². The van der Waals surface area contributed by atoms with Crippen LogP contribution in [0.3, 0.4) is 0 Å². The molecule has 1 aromatic rings. The van der Waals surface area contributed by atoms with E-state index in [1.54, 1.807) is 0 Å². The van der Waals surface area contributed by atoms with Crippen LogP contribution >= 0.6 is 0 Å². The third kappa shape index (κ3) is 5.45. The van der Waals surface area contributed by atoms with Crippen molar-refractivity contribution >= 4 is 11.9 Å². The van der Waals surface area contributed by atoms with Gasteiger partial charge in [-0.3, -0.25) is 4.79 Å². The van der Waals surface area contributed by atoms with E-state index in [-0.39, 0.29) is 25.2 Å². The monoisotopic (exact) mass is 291 g/mol. The Morgan fingerprint density at radius 3 is 2.43 bits per heavy atom. The molecule has 0 aromatic heterocycles. The summed E-state index contributed by atoms with van der Waals surface area (Å²) in [7, 11) is 0. The lowest BCUT2D eigenvalue weighted by atomic mass is 10.0. The summed E-state index contributed by atoms with van der Waals surface area (Å²) in [6.07, 6.45) is 2.02. The standard InChI is InChI=1S/C16H21NO4/c1-11(2)12-3-7-14(8-4-12)20-10-16(19)21-9-15(18)17-13-5-6-13/h3-4,7-8,11,13H,5-6,9-10H2,1-2H3,(H,17,18). The molecule has 0 heterocycles. The Hall–Kier alpha value is -2.04. The number of amides is 1. The zero-order valence-electron chi connectivity index (χ0n) is 12.4. The largest absolute Gasteiger partial charge is 0.482 e. The molecule has 1 amide bonds. The van der Waals surface area contributed by atoms with E-state index < -0.39 is 5.97 Å². The molecule has 1 aromatic carbocycles.